The van der Waals surface area contributed by atoms with Crippen LogP contribution in [-0.2, 0) is 21.4 Å². The number of benzene rings is 2. The molecule has 2 rings (SSSR count). The first kappa shape index (κ1) is 21.1. The molecule has 0 fully saturated rings. The highest BCUT2D eigenvalue weighted by Gasteiger charge is 2.19. The molecule has 0 radical (unpaired) electrons. The minimum Gasteiger partial charge on any atom is -0.326 e. The number of carbonyl (C=O) groups is 1. The number of hydrogen-bond donors (Lipinski definition) is 1. The second-order valence-electron chi connectivity index (χ2n) is 6.79. The van der Waals surface area contributed by atoms with Crippen LogP contribution in [0.3, 0.4) is 0 Å². The Morgan fingerprint density at radius 1 is 1.07 bits per heavy atom. The predicted molar refractivity (Wildman–Crippen MR) is 106 cm³/mol. The third kappa shape index (κ3) is 6.15. The van der Waals surface area contributed by atoms with Crippen LogP contribution < -0.4 is 5.32 Å². The predicted octanol–water partition coefficient (Wildman–Crippen LogP) is 3.54. The first-order valence-corrected chi connectivity index (χ1v) is 10.5. The van der Waals surface area contributed by atoms with Gasteiger partial charge in [0.25, 0.3) is 0 Å². The summed E-state index contributed by atoms with van der Waals surface area (Å²) in [5.41, 5.74) is 4.47. The van der Waals surface area contributed by atoms with E-state index < -0.39 is 10.0 Å². The molecule has 0 saturated carbocycles. The van der Waals surface area contributed by atoms with Gasteiger partial charge in [-0.05, 0) is 49.6 Å². The van der Waals surface area contributed by atoms with Crippen molar-refractivity contribution in [1.82, 2.24) is 4.31 Å². The molecule has 1 N–H and O–H groups in total. The number of aryl methyl sites for hydroxylation is 3. The van der Waals surface area contributed by atoms with Crippen LogP contribution >= 0.6 is 0 Å². The van der Waals surface area contributed by atoms with Crippen LogP contribution in [0.2, 0.25) is 0 Å². The van der Waals surface area contributed by atoms with Crippen molar-refractivity contribution >= 4 is 21.6 Å². The Labute approximate surface area is 160 Å². The molecule has 0 aliphatic rings. The standard InChI is InChI=1S/C20H25FN2O3S/c1-14-11-15(2)20(16(3)12-14)22-19(24)9-10-23(27(4,25)26)13-17-5-7-18(21)8-6-17/h5-8,11-12H,9-10,13H2,1-4H3,(H,22,24). The van der Waals surface area contributed by atoms with Crippen LogP contribution in [0.25, 0.3) is 0 Å². The van der Waals surface area contributed by atoms with Crippen molar-refractivity contribution in [3.63, 3.8) is 0 Å². The fourth-order valence-corrected chi connectivity index (χ4v) is 3.77. The molecule has 2 aromatic rings. The van der Waals surface area contributed by atoms with Crippen molar-refractivity contribution in [1.29, 1.82) is 0 Å². The molecule has 2 aromatic carbocycles. The van der Waals surface area contributed by atoms with E-state index in [9.17, 15) is 17.6 Å². The largest absolute Gasteiger partial charge is 0.326 e. The Kier molecular flexibility index (Phi) is 6.73. The summed E-state index contributed by atoms with van der Waals surface area (Å²) in [5, 5.41) is 2.87. The zero-order valence-corrected chi connectivity index (χ0v) is 16.9. The fourth-order valence-electron chi connectivity index (χ4n) is 2.96. The molecule has 0 aliphatic heterocycles. The Balaban J connectivity index is 2.04. The summed E-state index contributed by atoms with van der Waals surface area (Å²) in [6, 6.07) is 9.61. The lowest BCUT2D eigenvalue weighted by Gasteiger charge is -2.20. The minimum atomic E-state index is -3.50. The zero-order chi connectivity index (χ0) is 20.2. The third-order valence-electron chi connectivity index (χ3n) is 4.27. The highest BCUT2D eigenvalue weighted by molar-refractivity contribution is 7.88. The van der Waals surface area contributed by atoms with Crippen molar-refractivity contribution in [2.75, 3.05) is 18.1 Å². The second-order valence-corrected chi connectivity index (χ2v) is 8.78. The summed E-state index contributed by atoms with van der Waals surface area (Å²) >= 11 is 0. The average Bonchev–Trinajstić information content (AvgIpc) is 2.55. The van der Waals surface area contributed by atoms with E-state index >= 15 is 0 Å². The van der Waals surface area contributed by atoms with Crippen LogP contribution in [0.15, 0.2) is 36.4 Å². The van der Waals surface area contributed by atoms with E-state index in [1.54, 1.807) is 0 Å². The van der Waals surface area contributed by atoms with Crippen LogP contribution in [0.1, 0.15) is 28.7 Å². The molecule has 0 unspecified atom stereocenters. The highest BCUT2D eigenvalue weighted by Crippen LogP contribution is 2.22. The number of nitrogens with zero attached hydrogens (tertiary/aromatic N) is 1. The molecule has 27 heavy (non-hydrogen) atoms. The van der Waals surface area contributed by atoms with Crippen molar-refractivity contribution in [2.45, 2.75) is 33.7 Å². The van der Waals surface area contributed by atoms with Crippen LogP contribution in [-0.4, -0.2) is 31.4 Å². The van der Waals surface area contributed by atoms with E-state index in [-0.39, 0.29) is 31.2 Å². The van der Waals surface area contributed by atoms with E-state index in [1.165, 1.54) is 28.6 Å². The van der Waals surface area contributed by atoms with Gasteiger partial charge in [-0.1, -0.05) is 29.8 Å². The number of nitrogens with one attached hydrogen (secondary N) is 1. The van der Waals surface area contributed by atoms with Gasteiger partial charge < -0.3 is 5.32 Å². The summed E-state index contributed by atoms with van der Waals surface area (Å²) in [7, 11) is -3.50. The number of amides is 1. The van der Waals surface area contributed by atoms with Gasteiger partial charge in [-0.25, -0.2) is 12.8 Å². The number of anilines is 1. The summed E-state index contributed by atoms with van der Waals surface area (Å²) in [6.07, 6.45) is 1.13. The van der Waals surface area contributed by atoms with Gasteiger partial charge in [0.15, 0.2) is 0 Å². The molecule has 0 aromatic heterocycles. The Morgan fingerprint density at radius 2 is 1.63 bits per heavy atom. The number of carbonyl (C=O) groups excluding carboxylic acids is 1. The first-order valence-electron chi connectivity index (χ1n) is 8.63. The van der Waals surface area contributed by atoms with Crippen molar-refractivity contribution in [3.05, 3.63) is 64.5 Å². The van der Waals surface area contributed by atoms with Gasteiger partial charge in [0.05, 0.1) is 6.26 Å². The Morgan fingerprint density at radius 3 is 2.15 bits per heavy atom. The number of hydrogen-bond acceptors (Lipinski definition) is 3. The maximum absolute atomic E-state index is 13.0. The van der Waals surface area contributed by atoms with Crippen molar-refractivity contribution < 1.29 is 17.6 Å². The van der Waals surface area contributed by atoms with Crippen molar-refractivity contribution in [2.24, 2.45) is 0 Å². The van der Waals surface area contributed by atoms with Gasteiger partial charge in [0, 0.05) is 25.2 Å². The maximum atomic E-state index is 13.0. The van der Waals surface area contributed by atoms with Crippen molar-refractivity contribution in [3.8, 4) is 0 Å². The molecule has 5 nitrogen and oxygen atoms in total. The first-order chi connectivity index (χ1) is 12.6. The molecule has 0 aliphatic carbocycles. The van der Waals surface area contributed by atoms with Gasteiger partial charge in [-0.2, -0.15) is 4.31 Å². The summed E-state index contributed by atoms with van der Waals surface area (Å²) in [5.74, 6) is -0.634. The molecule has 1 amide bonds. The van der Waals surface area contributed by atoms with Gasteiger partial charge in [0.1, 0.15) is 5.82 Å². The molecular formula is C20H25FN2O3S. The molecular weight excluding hydrogens is 367 g/mol. The van der Waals surface area contributed by atoms with Gasteiger partial charge in [-0.15, -0.1) is 0 Å². The zero-order valence-electron chi connectivity index (χ0n) is 16.0. The summed E-state index contributed by atoms with van der Waals surface area (Å²) in [6.45, 7) is 5.98. The number of sulfonamides is 1. The lowest BCUT2D eigenvalue weighted by atomic mass is 10.1. The SMILES string of the molecule is Cc1cc(C)c(NC(=O)CCN(Cc2ccc(F)cc2)S(C)(=O)=O)c(C)c1. The fraction of sp³-hybridized carbons (Fsp3) is 0.350. The van der Waals surface area contributed by atoms with E-state index in [0.29, 0.717) is 5.56 Å². The molecule has 146 valence electrons. The van der Waals surface area contributed by atoms with Crippen LogP contribution in [0.5, 0.6) is 0 Å². The van der Waals surface area contributed by atoms with E-state index in [2.05, 4.69) is 5.32 Å². The average molecular weight is 392 g/mol. The van der Waals surface area contributed by atoms with Crippen LogP contribution in [0, 0.1) is 26.6 Å². The smallest absolute Gasteiger partial charge is 0.225 e. The number of rotatable bonds is 7. The monoisotopic (exact) mass is 392 g/mol. The van der Waals surface area contributed by atoms with E-state index in [4.69, 9.17) is 0 Å². The number of halogens is 1. The molecule has 0 bridgehead atoms. The highest BCUT2D eigenvalue weighted by atomic mass is 32.2. The van der Waals surface area contributed by atoms with Gasteiger partial charge in [-0.3, -0.25) is 4.79 Å². The van der Waals surface area contributed by atoms with E-state index in [0.717, 1.165) is 28.6 Å². The molecule has 0 spiro atoms. The summed E-state index contributed by atoms with van der Waals surface area (Å²) < 4.78 is 38.3. The lowest BCUT2D eigenvalue weighted by molar-refractivity contribution is -0.116. The quantitative estimate of drug-likeness (QED) is 0.784. The van der Waals surface area contributed by atoms with E-state index in [1.807, 2.05) is 32.9 Å². The molecule has 0 saturated heterocycles. The topological polar surface area (TPSA) is 66.5 Å². The lowest BCUT2D eigenvalue weighted by Crippen LogP contribution is -2.32. The van der Waals surface area contributed by atoms with Gasteiger partial charge in [0.2, 0.25) is 15.9 Å². The molecule has 7 heteroatoms. The normalized spacial score (nSPS) is 11.6. The summed E-state index contributed by atoms with van der Waals surface area (Å²) in [4.78, 5) is 12.3. The maximum Gasteiger partial charge on any atom is 0.225 e. The molecule has 0 atom stereocenters. The molecule has 0 heterocycles. The van der Waals surface area contributed by atoms with Crippen LogP contribution in [0.4, 0.5) is 10.1 Å². The Bertz CT molecular complexity index is 902. The second kappa shape index (κ2) is 8.63. The Hall–Kier alpha value is -2.25. The van der Waals surface area contributed by atoms with Gasteiger partial charge >= 0.3 is 0 Å². The third-order valence-corrected chi connectivity index (χ3v) is 5.52. The minimum absolute atomic E-state index is 0.0288.